The van der Waals surface area contributed by atoms with Crippen LogP contribution < -0.4 is 5.32 Å². The molecule has 1 saturated heterocycles. The van der Waals surface area contributed by atoms with Crippen molar-refractivity contribution in [1.29, 1.82) is 5.26 Å². The summed E-state index contributed by atoms with van der Waals surface area (Å²) in [5.74, 6) is -2.09. The molecule has 1 aliphatic heterocycles. The second-order valence-corrected chi connectivity index (χ2v) is 6.03. The first kappa shape index (κ1) is 17.0. The van der Waals surface area contributed by atoms with Crippen LogP contribution >= 0.6 is 0 Å². The Morgan fingerprint density at radius 2 is 2.19 bits per heavy atom. The molecular formula is C14H20N2O5. The number of esters is 1. The Balaban J connectivity index is 2.45. The van der Waals surface area contributed by atoms with Crippen molar-refractivity contribution < 1.29 is 24.2 Å². The highest BCUT2D eigenvalue weighted by Crippen LogP contribution is 2.24. The molecule has 1 rings (SSSR count). The van der Waals surface area contributed by atoms with Crippen molar-refractivity contribution in [2.45, 2.75) is 45.6 Å². The monoisotopic (exact) mass is 296 g/mol. The molecule has 0 bridgehead atoms. The zero-order valence-electron chi connectivity index (χ0n) is 12.2. The zero-order valence-corrected chi connectivity index (χ0v) is 12.2. The van der Waals surface area contributed by atoms with Crippen molar-refractivity contribution in [3.63, 3.8) is 0 Å². The topological polar surface area (TPSA) is 116 Å². The lowest BCUT2D eigenvalue weighted by molar-refractivity contribution is -0.152. The average Bonchev–Trinajstić information content (AvgIpc) is 2.73. The summed E-state index contributed by atoms with van der Waals surface area (Å²) in [5, 5.41) is 19.8. The lowest BCUT2D eigenvalue weighted by Crippen LogP contribution is -2.36. The molecule has 2 N–H and O–H groups in total. The summed E-state index contributed by atoms with van der Waals surface area (Å²) in [7, 11) is 0. The summed E-state index contributed by atoms with van der Waals surface area (Å²) in [5.41, 5.74) is -0.662. The molecular weight excluding hydrogens is 276 g/mol. The molecule has 0 aromatic rings. The van der Waals surface area contributed by atoms with Crippen molar-refractivity contribution in [3.8, 4) is 6.07 Å². The number of aliphatic carboxylic acids is 1. The molecule has 0 aromatic heterocycles. The van der Waals surface area contributed by atoms with E-state index in [2.05, 4.69) is 5.32 Å². The van der Waals surface area contributed by atoms with Gasteiger partial charge in [0.15, 0.2) is 0 Å². The van der Waals surface area contributed by atoms with Gasteiger partial charge in [-0.15, -0.1) is 0 Å². The van der Waals surface area contributed by atoms with Crippen LogP contribution in [0.2, 0.25) is 0 Å². The molecule has 0 spiro atoms. The summed E-state index contributed by atoms with van der Waals surface area (Å²) in [4.78, 5) is 34.2. The number of carbonyl (C=O) groups excluding carboxylic acids is 2. The number of hydrogen-bond acceptors (Lipinski definition) is 5. The van der Waals surface area contributed by atoms with Crippen LogP contribution in [-0.2, 0) is 19.1 Å². The van der Waals surface area contributed by atoms with Crippen molar-refractivity contribution in [1.82, 2.24) is 5.32 Å². The number of nitrogens with zero attached hydrogens (tertiary/aromatic N) is 1. The van der Waals surface area contributed by atoms with Crippen molar-refractivity contribution in [2.24, 2.45) is 11.3 Å². The number of amides is 1. The summed E-state index contributed by atoms with van der Waals surface area (Å²) in [6, 6.07) is 1.26. The van der Waals surface area contributed by atoms with E-state index in [1.165, 1.54) is 0 Å². The zero-order chi connectivity index (χ0) is 16.0. The molecule has 0 saturated carbocycles. The molecule has 1 aliphatic rings. The molecule has 21 heavy (non-hydrogen) atoms. The Labute approximate surface area is 123 Å². The Morgan fingerprint density at radius 3 is 2.76 bits per heavy atom. The van der Waals surface area contributed by atoms with E-state index in [9.17, 15) is 14.4 Å². The Kier molecular flexibility index (Phi) is 5.70. The van der Waals surface area contributed by atoms with E-state index >= 15 is 0 Å². The normalized spacial score (nSPS) is 21.5. The third-order valence-corrected chi connectivity index (χ3v) is 3.33. The molecule has 1 heterocycles. The fraction of sp³-hybridized carbons (Fsp3) is 0.714. The number of carboxylic acids is 1. The summed E-state index contributed by atoms with van der Waals surface area (Å²) < 4.78 is 5.11. The second kappa shape index (κ2) is 7.07. The van der Waals surface area contributed by atoms with Gasteiger partial charge in [-0.1, -0.05) is 13.8 Å². The van der Waals surface area contributed by atoms with Crippen LogP contribution in [0.25, 0.3) is 0 Å². The van der Waals surface area contributed by atoms with E-state index in [0.29, 0.717) is 12.8 Å². The molecule has 7 heteroatoms. The molecule has 116 valence electrons. The molecule has 0 aliphatic carbocycles. The van der Waals surface area contributed by atoms with Crippen LogP contribution in [0.4, 0.5) is 0 Å². The predicted molar refractivity (Wildman–Crippen MR) is 71.9 cm³/mol. The smallest absolute Gasteiger partial charge is 0.328 e. The van der Waals surface area contributed by atoms with E-state index in [1.807, 2.05) is 6.07 Å². The van der Waals surface area contributed by atoms with Crippen LogP contribution in [0.3, 0.4) is 0 Å². The highest BCUT2D eigenvalue weighted by atomic mass is 16.5. The predicted octanol–water partition coefficient (Wildman–Crippen LogP) is 0.839. The lowest BCUT2D eigenvalue weighted by Gasteiger charge is -2.22. The second-order valence-electron chi connectivity index (χ2n) is 6.03. The van der Waals surface area contributed by atoms with Crippen LogP contribution in [0, 0.1) is 22.7 Å². The molecule has 0 aromatic carbocycles. The lowest BCUT2D eigenvalue weighted by atomic mass is 9.90. The summed E-state index contributed by atoms with van der Waals surface area (Å²) in [6.45, 7) is 3.36. The number of carbonyl (C=O) groups is 3. The van der Waals surface area contributed by atoms with Crippen LogP contribution in [0.15, 0.2) is 0 Å². The van der Waals surface area contributed by atoms with E-state index in [0.717, 1.165) is 0 Å². The van der Waals surface area contributed by atoms with Gasteiger partial charge in [-0.25, -0.2) is 4.79 Å². The number of hydrogen-bond donors (Lipinski definition) is 2. The third-order valence-electron chi connectivity index (χ3n) is 3.33. The molecule has 7 nitrogen and oxygen atoms in total. The fourth-order valence-electron chi connectivity index (χ4n) is 2.21. The molecule has 0 unspecified atom stereocenters. The van der Waals surface area contributed by atoms with Gasteiger partial charge in [-0.3, -0.25) is 9.59 Å². The molecule has 1 amide bonds. The van der Waals surface area contributed by atoms with E-state index in [4.69, 9.17) is 15.1 Å². The number of nitriles is 1. The van der Waals surface area contributed by atoms with Gasteiger partial charge >= 0.3 is 11.9 Å². The van der Waals surface area contributed by atoms with Gasteiger partial charge < -0.3 is 15.2 Å². The standard InChI is InChI=1S/C14H20N2O5/c1-14(2,7-11(17)18)8-21-13(20)10-6-9(4-3-5-15)12(19)16-10/h9-10H,3-4,6-8H2,1-2H3,(H,16,19)(H,17,18)/t9-,10+/m1/s1. The van der Waals surface area contributed by atoms with E-state index in [1.54, 1.807) is 13.8 Å². The van der Waals surface area contributed by atoms with Gasteiger partial charge in [0, 0.05) is 17.8 Å². The van der Waals surface area contributed by atoms with Gasteiger partial charge in [-0.05, 0) is 12.8 Å². The Hall–Kier alpha value is -2.10. The first-order valence-electron chi connectivity index (χ1n) is 6.81. The largest absolute Gasteiger partial charge is 0.481 e. The minimum absolute atomic E-state index is 0.0205. The van der Waals surface area contributed by atoms with Gasteiger partial charge in [0.05, 0.1) is 19.1 Å². The summed E-state index contributed by atoms with van der Waals surface area (Å²) >= 11 is 0. The van der Waals surface area contributed by atoms with Crippen molar-refractivity contribution >= 4 is 17.8 Å². The molecule has 0 radical (unpaired) electrons. The first-order chi connectivity index (χ1) is 9.75. The average molecular weight is 296 g/mol. The maximum atomic E-state index is 11.9. The Morgan fingerprint density at radius 1 is 1.52 bits per heavy atom. The minimum Gasteiger partial charge on any atom is -0.481 e. The van der Waals surface area contributed by atoms with Crippen molar-refractivity contribution in [2.75, 3.05) is 6.61 Å². The molecule has 2 atom stereocenters. The van der Waals surface area contributed by atoms with Gasteiger partial charge in [0.1, 0.15) is 6.04 Å². The number of ether oxygens (including phenoxy) is 1. The SMILES string of the molecule is CC(C)(COC(=O)[C@@H]1C[C@@H](CCC#N)C(=O)N1)CC(=O)O. The van der Waals surface area contributed by atoms with Gasteiger partial charge in [0.2, 0.25) is 5.91 Å². The summed E-state index contributed by atoms with van der Waals surface area (Å²) in [6.07, 6.45) is 0.906. The highest BCUT2D eigenvalue weighted by Gasteiger charge is 2.37. The van der Waals surface area contributed by atoms with Crippen LogP contribution in [0.5, 0.6) is 0 Å². The van der Waals surface area contributed by atoms with E-state index in [-0.39, 0.29) is 31.3 Å². The third kappa shape index (κ3) is 5.42. The van der Waals surface area contributed by atoms with Gasteiger partial charge in [-0.2, -0.15) is 5.26 Å². The number of nitrogens with one attached hydrogen (secondary N) is 1. The first-order valence-corrected chi connectivity index (χ1v) is 6.81. The maximum absolute atomic E-state index is 11.9. The van der Waals surface area contributed by atoms with Crippen LogP contribution in [-0.4, -0.2) is 35.6 Å². The van der Waals surface area contributed by atoms with Crippen LogP contribution in [0.1, 0.15) is 39.5 Å². The highest BCUT2D eigenvalue weighted by molar-refractivity contribution is 5.89. The minimum atomic E-state index is -0.957. The fourth-order valence-corrected chi connectivity index (χ4v) is 2.21. The van der Waals surface area contributed by atoms with E-state index < -0.39 is 23.4 Å². The van der Waals surface area contributed by atoms with Crippen molar-refractivity contribution in [3.05, 3.63) is 0 Å². The maximum Gasteiger partial charge on any atom is 0.328 e. The Bertz CT molecular complexity index is 466. The molecule has 1 fully saturated rings. The van der Waals surface area contributed by atoms with Gasteiger partial charge in [0.25, 0.3) is 0 Å². The number of carboxylic acid groups (broad SMARTS) is 1. The quantitative estimate of drug-likeness (QED) is 0.672. The number of rotatable bonds is 7.